The van der Waals surface area contributed by atoms with Gasteiger partial charge >= 0.3 is 18.0 Å². The standard InChI is InChI=1S/C34H48N6O7/c1-24-11-6-7-12-27(24)35-33(45)36-28-15-14-26(22-29(28)47-5)23-31(42)37(3)16-9-17-38(4)34(46)40(25(2)21-32(43)44)20-10-19-39-18-8-13-30(39)41/h6-7,11-12,14-15,22,25H,8-10,13,16-21,23H2,1-5H3,(H,43,44)(H2,35,36,45). The molecular weight excluding hydrogens is 604 g/mol. The molecule has 0 saturated carbocycles. The van der Waals surface area contributed by atoms with Crippen molar-refractivity contribution in [2.45, 2.75) is 58.4 Å². The molecule has 13 heteroatoms. The van der Waals surface area contributed by atoms with E-state index in [0.717, 1.165) is 17.5 Å². The first-order valence-electron chi connectivity index (χ1n) is 15.9. The number of carboxylic acids is 1. The fourth-order valence-electron chi connectivity index (χ4n) is 5.47. The molecule has 0 radical (unpaired) electrons. The molecule has 47 heavy (non-hydrogen) atoms. The summed E-state index contributed by atoms with van der Waals surface area (Å²) >= 11 is 0. The third kappa shape index (κ3) is 11.2. The Morgan fingerprint density at radius 1 is 0.979 bits per heavy atom. The highest BCUT2D eigenvalue weighted by atomic mass is 16.5. The van der Waals surface area contributed by atoms with Crippen LogP contribution in [0, 0.1) is 6.92 Å². The van der Waals surface area contributed by atoms with Crippen LogP contribution in [0.5, 0.6) is 5.75 Å². The molecule has 0 aromatic heterocycles. The van der Waals surface area contributed by atoms with E-state index in [1.165, 1.54) is 7.11 Å². The van der Waals surface area contributed by atoms with Crippen molar-refractivity contribution >= 4 is 41.2 Å². The van der Waals surface area contributed by atoms with Crippen molar-refractivity contribution < 1.29 is 33.8 Å². The lowest BCUT2D eigenvalue weighted by Gasteiger charge is -2.33. The van der Waals surface area contributed by atoms with Crippen LogP contribution in [0.3, 0.4) is 0 Å². The van der Waals surface area contributed by atoms with Crippen LogP contribution in [0.15, 0.2) is 42.5 Å². The number of nitrogens with zero attached hydrogens (tertiary/aromatic N) is 4. The minimum atomic E-state index is -0.986. The molecule has 1 unspecified atom stereocenters. The normalized spacial score (nSPS) is 13.1. The molecule has 1 atom stereocenters. The smallest absolute Gasteiger partial charge is 0.323 e. The minimum absolute atomic E-state index is 0.115. The number of anilines is 2. The van der Waals surface area contributed by atoms with Crippen molar-refractivity contribution in [2.24, 2.45) is 0 Å². The third-order valence-electron chi connectivity index (χ3n) is 8.25. The Morgan fingerprint density at radius 2 is 1.68 bits per heavy atom. The zero-order valence-corrected chi connectivity index (χ0v) is 28.1. The van der Waals surface area contributed by atoms with E-state index >= 15 is 0 Å². The Balaban J connectivity index is 1.49. The number of ether oxygens (including phenoxy) is 1. The quantitative estimate of drug-likeness (QED) is 0.245. The number of carbonyl (C=O) groups is 5. The number of amides is 6. The molecule has 0 spiro atoms. The number of hydrogen-bond donors (Lipinski definition) is 3. The molecule has 0 bridgehead atoms. The van der Waals surface area contributed by atoms with Gasteiger partial charge in [-0.05, 0) is 62.4 Å². The van der Waals surface area contributed by atoms with Gasteiger partial charge in [0.15, 0.2) is 0 Å². The zero-order valence-electron chi connectivity index (χ0n) is 28.1. The minimum Gasteiger partial charge on any atom is -0.495 e. The van der Waals surface area contributed by atoms with Gasteiger partial charge in [-0.25, -0.2) is 9.59 Å². The lowest BCUT2D eigenvalue weighted by Crippen LogP contribution is -2.48. The van der Waals surface area contributed by atoms with Gasteiger partial charge in [0.2, 0.25) is 11.8 Å². The summed E-state index contributed by atoms with van der Waals surface area (Å²) in [5, 5.41) is 14.9. The molecule has 1 aliphatic heterocycles. The molecule has 6 amide bonds. The van der Waals surface area contributed by atoms with E-state index in [2.05, 4.69) is 10.6 Å². The number of hydrogen-bond acceptors (Lipinski definition) is 6. The van der Waals surface area contributed by atoms with Crippen LogP contribution >= 0.6 is 0 Å². The number of nitrogens with one attached hydrogen (secondary N) is 2. The van der Waals surface area contributed by atoms with E-state index < -0.39 is 18.0 Å². The Kier molecular flexibility index (Phi) is 13.9. The van der Waals surface area contributed by atoms with Gasteiger partial charge in [-0.15, -0.1) is 0 Å². The third-order valence-corrected chi connectivity index (χ3v) is 8.25. The average molecular weight is 653 g/mol. The lowest BCUT2D eigenvalue weighted by molar-refractivity contribution is -0.138. The van der Waals surface area contributed by atoms with Gasteiger partial charge in [-0.1, -0.05) is 24.3 Å². The number of rotatable bonds is 16. The SMILES string of the molecule is COc1cc(CC(=O)N(C)CCCN(C)C(=O)N(CCCN2CCCC2=O)C(C)CC(=O)O)ccc1NC(=O)Nc1ccccc1C. The first-order chi connectivity index (χ1) is 22.4. The number of benzene rings is 2. The summed E-state index contributed by atoms with van der Waals surface area (Å²) in [5.74, 6) is -0.567. The van der Waals surface area contributed by atoms with Gasteiger partial charge in [0.05, 0.1) is 25.6 Å². The van der Waals surface area contributed by atoms with E-state index in [4.69, 9.17) is 4.74 Å². The number of urea groups is 2. The molecule has 256 valence electrons. The Hall–Kier alpha value is -4.81. The number of carboxylic acid groups (broad SMARTS) is 1. The van der Waals surface area contributed by atoms with E-state index in [0.29, 0.717) is 69.1 Å². The van der Waals surface area contributed by atoms with Crippen LogP contribution in [0.4, 0.5) is 21.0 Å². The number of aryl methyl sites for hydroxylation is 1. The molecule has 3 N–H and O–H groups in total. The fourth-order valence-corrected chi connectivity index (χ4v) is 5.47. The number of likely N-dealkylation sites (tertiary alicyclic amines) is 1. The fraction of sp³-hybridized carbons (Fsp3) is 0.500. The van der Waals surface area contributed by atoms with Crippen LogP contribution in [0.1, 0.15) is 50.2 Å². The van der Waals surface area contributed by atoms with Gasteiger partial charge in [0.1, 0.15) is 5.75 Å². The Bertz CT molecular complexity index is 1420. The molecule has 2 aromatic rings. The second-order valence-electron chi connectivity index (χ2n) is 12.0. The molecule has 1 heterocycles. The van der Waals surface area contributed by atoms with Crippen molar-refractivity contribution in [3.05, 3.63) is 53.6 Å². The number of aliphatic carboxylic acids is 1. The second-order valence-corrected chi connectivity index (χ2v) is 12.0. The summed E-state index contributed by atoms with van der Waals surface area (Å²) in [6.45, 7) is 5.99. The molecular formula is C34H48N6O7. The number of para-hydroxylation sites is 1. The van der Waals surface area contributed by atoms with Crippen molar-refractivity contribution in [3.8, 4) is 5.75 Å². The number of carbonyl (C=O) groups excluding carboxylic acids is 4. The van der Waals surface area contributed by atoms with Gasteiger partial charge in [0.25, 0.3) is 0 Å². The molecule has 1 aliphatic rings. The van der Waals surface area contributed by atoms with Crippen molar-refractivity contribution in [2.75, 3.05) is 64.6 Å². The zero-order chi connectivity index (χ0) is 34.5. The predicted molar refractivity (Wildman–Crippen MR) is 180 cm³/mol. The van der Waals surface area contributed by atoms with Gasteiger partial charge in [-0.2, -0.15) is 0 Å². The van der Waals surface area contributed by atoms with E-state index in [-0.39, 0.29) is 30.7 Å². The molecule has 13 nitrogen and oxygen atoms in total. The van der Waals surface area contributed by atoms with Crippen LogP contribution in [-0.4, -0.2) is 115 Å². The largest absolute Gasteiger partial charge is 0.495 e. The first-order valence-corrected chi connectivity index (χ1v) is 15.9. The maximum Gasteiger partial charge on any atom is 0.323 e. The maximum atomic E-state index is 13.3. The first kappa shape index (κ1) is 36.7. The molecule has 0 aliphatic carbocycles. The summed E-state index contributed by atoms with van der Waals surface area (Å²) in [7, 11) is 4.86. The molecule has 1 saturated heterocycles. The highest BCUT2D eigenvalue weighted by Gasteiger charge is 2.26. The Labute approximate surface area is 276 Å². The predicted octanol–water partition coefficient (Wildman–Crippen LogP) is 4.27. The molecule has 2 aromatic carbocycles. The summed E-state index contributed by atoms with van der Waals surface area (Å²) in [5.41, 5.74) is 2.81. The second kappa shape index (κ2) is 17.8. The van der Waals surface area contributed by atoms with E-state index in [9.17, 15) is 29.1 Å². The topological polar surface area (TPSA) is 152 Å². The van der Waals surface area contributed by atoms with Crippen LogP contribution in [-0.2, 0) is 20.8 Å². The van der Waals surface area contributed by atoms with E-state index in [1.807, 2.05) is 31.2 Å². The summed E-state index contributed by atoms with van der Waals surface area (Å²) in [6, 6.07) is 11.4. The molecule has 3 rings (SSSR count). The molecule has 1 fully saturated rings. The highest BCUT2D eigenvalue weighted by molar-refractivity contribution is 6.01. The summed E-state index contributed by atoms with van der Waals surface area (Å²) < 4.78 is 5.47. The summed E-state index contributed by atoms with van der Waals surface area (Å²) in [4.78, 5) is 68.7. The van der Waals surface area contributed by atoms with Gasteiger partial charge < -0.3 is 40.1 Å². The van der Waals surface area contributed by atoms with Crippen molar-refractivity contribution in [1.29, 1.82) is 0 Å². The van der Waals surface area contributed by atoms with Crippen LogP contribution < -0.4 is 15.4 Å². The van der Waals surface area contributed by atoms with Crippen molar-refractivity contribution in [3.63, 3.8) is 0 Å². The number of methoxy groups -OCH3 is 1. The van der Waals surface area contributed by atoms with Gasteiger partial charge in [-0.3, -0.25) is 14.4 Å². The van der Waals surface area contributed by atoms with E-state index in [1.54, 1.807) is 58.8 Å². The lowest BCUT2D eigenvalue weighted by atomic mass is 10.1. The van der Waals surface area contributed by atoms with Crippen LogP contribution in [0.25, 0.3) is 0 Å². The van der Waals surface area contributed by atoms with Gasteiger partial charge in [0, 0.05) is 65.0 Å². The Morgan fingerprint density at radius 3 is 2.34 bits per heavy atom. The average Bonchev–Trinajstić information content (AvgIpc) is 3.44. The monoisotopic (exact) mass is 652 g/mol. The highest BCUT2D eigenvalue weighted by Crippen LogP contribution is 2.26. The van der Waals surface area contributed by atoms with Crippen molar-refractivity contribution in [1.82, 2.24) is 19.6 Å². The number of likely N-dealkylation sites (N-methyl/N-ethyl adjacent to an activating group) is 1. The summed E-state index contributed by atoms with van der Waals surface area (Å²) in [6.07, 6.45) is 2.42. The maximum absolute atomic E-state index is 13.3. The van der Waals surface area contributed by atoms with Crippen LogP contribution in [0.2, 0.25) is 0 Å².